The highest BCUT2D eigenvalue weighted by molar-refractivity contribution is 7.16. The molecule has 0 aliphatic carbocycles. The van der Waals surface area contributed by atoms with Gasteiger partial charge in [-0.2, -0.15) is 9.61 Å². The summed E-state index contributed by atoms with van der Waals surface area (Å²) < 4.78 is 25.1. The van der Waals surface area contributed by atoms with E-state index in [1.54, 1.807) is 13.0 Å². The van der Waals surface area contributed by atoms with Crippen LogP contribution >= 0.6 is 11.3 Å². The lowest BCUT2D eigenvalue weighted by Gasteiger charge is -2.09. The molecule has 2 heterocycles. The maximum Gasteiger partial charge on any atom is 0.338 e. The lowest BCUT2D eigenvalue weighted by molar-refractivity contribution is -0.118. The van der Waals surface area contributed by atoms with Crippen molar-refractivity contribution >= 4 is 33.9 Å². The standard InChI is InChI=1S/C22H17FN4O5S/c1-13-26-27-20(29)10-16(25-22(27)33-13)11-32-21(30)14-6-8-15(9-7-14)24-19(28)12-31-18-5-3-2-4-17(18)23/h2-10H,11-12H2,1H3,(H,24,28). The number of para-hydroxylation sites is 1. The molecule has 0 bridgehead atoms. The van der Waals surface area contributed by atoms with Gasteiger partial charge in [-0.15, -0.1) is 0 Å². The largest absolute Gasteiger partial charge is 0.481 e. The van der Waals surface area contributed by atoms with E-state index in [9.17, 15) is 18.8 Å². The van der Waals surface area contributed by atoms with Crippen LogP contribution in [0.25, 0.3) is 4.96 Å². The lowest BCUT2D eigenvalue weighted by Crippen LogP contribution is -2.20. The molecule has 4 rings (SSSR count). The van der Waals surface area contributed by atoms with Gasteiger partial charge < -0.3 is 14.8 Å². The number of nitrogens with one attached hydrogen (secondary N) is 1. The van der Waals surface area contributed by atoms with E-state index >= 15 is 0 Å². The Bertz CT molecular complexity index is 1380. The average Bonchev–Trinajstić information content (AvgIpc) is 3.18. The van der Waals surface area contributed by atoms with E-state index in [-0.39, 0.29) is 30.1 Å². The number of hydrogen-bond acceptors (Lipinski definition) is 8. The number of aromatic nitrogens is 3. The van der Waals surface area contributed by atoms with Crippen LogP contribution in [0.15, 0.2) is 59.4 Å². The van der Waals surface area contributed by atoms with Crippen LogP contribution in [0.1, 0.15) is 21.1 Å². The van der Waals surface area contributed by atoms with Gasteiger partial charge in [-0.1, -0.05) is 23.5 Å². The lowest BCUT2D eigenvalue weighted by atomic mass is 10.2. The molecule has 33 heavy (non-hydrogen) atoms. The van der Waals surface area contributed by atoms with Crippen LogP contribution in [0.2, 0.25) is 0 Å². The Morgan fingerprint density at radius 3 is 2.67 bits per heavy atom. The fourth-order valence-corrected chi connectivity index (χ4v) is 3.61. The number of fused-ring (bicyclic) bond motifs is 1. The van der Waals surface area contributed by atoms with E-state index in [0.717, 1.165) is 0 Å². The molecule has 0 saturated carbocycles. The van der Waals surface area contributed by atoms with Gasteiger partial charge in [-0.25, -0.2) is 14.2 Å². The molecular formula is C22H17FN4O5S. The van der Waals surface area contributed by atoms with Gasteiger partial charge in [-0.05, 0) is 43.3 Å². The van der Waals surface area contributed by atoms with Crippen molar-refractivity contribution in [1.82, 2.24) is 14.6 Å². The third-order valence-corrected chi connectivity index (χ3v) is 5.17. The predicted octanol–water partition coefficient (Wildman–Crippen LogP) is 2.97. The summed E-state index contributed by atoms with van der Waals surface area (Å²) in [7, 11) is 0. The third kappa shape index (κ3) is 5.39. The maximum atomic E-state index is 13.5. The number of amides is 1. The highest BCUT2D eigenvalue weighted by Gasteiger charge is 2.12. The second-order valence-electron chi connectivity index (χ2n) is 6.82. The molecule has 0 spiro atoms. The van der Waals surface area contributed by atoms with Crippen molar-refractivity contribution in [3.8, 4) is 5.75 Å². The van der Waals surface area contributed by atoms with Crippen LogP contribution in [-0.4, -0.2) is 33.1 Å². The number of hydrogen-bond donors (Lipinski definition) is 1. The first-order valence-electron chi connectivity index (χ1n) is 9.70. The fraction of sp³-hybridized carbons (Fsp3) is 0.136. The van der Waals surface area contributed by atoms with Crippen molar-refractivity contribution in [3.63, 3.8) is 0 Å². The van der Waals surface area contributed by atoms with Gasteiger partial charge >= 0.3 is 5.97 Å². The monoisotopic (exact) mass is 468 g/mol. The summed E-state index contributed by atoms with van der Waals surface area (Å²) in [4.78, 5) is 41.1. The summed E-state index contributed by atoms with van der Waals surface area (Å²) in [5.74, 6) is -1.68. The van der Waals surface area contributed by atoms with Gasteiger partial charge in [-0.3, -0.25) is 9.59 Å². The molecule has 1 N–H and O–H groups in total. The summed E-state index contributed by atoms with van der Waals surface area (Å²) in [6.07, 6.45) is 0. The van der Waals surface area contributed by atoms with E-state index in [1.807, 2.05) is 0 Å². The zero-order chi connectivity index (χ0) is 23.4. The van der Waals surface area contributed by atoms with Crippen molar-refractivity contribution in [2.75, 3.05) is 11.9 Å². The molecule has 0 fully saturated rings. The van der Waals surface area contributed by atoms with Crippen molar-refractivity contribution in [2.45, 2.75) is 13.5 Å². The summed E-state index contributed by atoms with van der Waals surface area (Å²) in [5.41, 5.74) is 0.640. The summed E-state index contributed by atoms with van der Waals surface area (Å²) in [6, 6.07) is 13.0. The molecule has 2 aromatic heterocycles. The fourth-order valence-electron chi connectivity index (χ4n) is 2.84. The number of ether oxygens (including phenoxy) is 2. The van der Waals surface area contributed by atoms with Crippen molar-refractivity contribution in [1.29, 1.82) is 0 Å². The van der Waals surface area contributed by atoms with Crippen LogP contribution < -0.4 is 15.6 Å². The first-order valence-corrected chi connectivity index (χ1v) is 10.5. The number of esters is 1. The SMILES string of the molecule is Cc1nn2c(=O)cc(COC(=O)c3ccc(NC(=O)COc4ccccc4F)cc3)nc2s1. The number of halogens is 1. The zero-order valence-electron chi connectivity index (χ0n) is 17.3. The number of aryl methyl sites for hydroxylation is 1. The van der Waals surface area contributed by atoms with Gasteiger partial charge in [0.15, 0.2) is 18.2 Å². The molecular weight excluding hydrogens is 451 g/mol. The second-order valence-corrected chi connectivity index (χ2v) is 7.98. The molecule has 168 valence electrons. The van der Waals surface area contributed by atoms with Gasteiger partial charge in [0.1, 0.15) is 11.6 Å². The van der Waals surface area contributed by atoms with E-state index < -0.39 is 17.7 Å². The molecule has 0 aliphatic rings. The van der Waals surface area contributed by atoms with E-state index in [2.05, 4.69) is 15.4 Å². The number of carbonyl (C=O) groups excluding carboxylic acids is 2. The Morgan fingerprint density at radius 1 is 1.15 bits per heavy atom. The Balaban J connectivity index is 1.31. The first kappa shape index (κ1) is 22.1. The molecule has 0 radical (unpaired) electrons. The molecule has 11 heteroatoms. The molecule has 0 atom stereocenters. The number of carbonyl (C=O) groups is 2. The highest BCUT2D eigenvalue weighted by atomic mass is 32.1. The predicted molar refractivity (Wildman–Crippen MR) is 118 cm³/mol. The highest BCUT2D eigenvalue weighted by Crippen LogP contribution is 2.16. The van der Waals surface area contributed by atoms with Crippen LogP contribution in [0.5, 0.6) is 5.75 Å². The van der Waals surface area contributed by atoms with Gasteiger partial charge in [0.2, 0.25) is 4.96 Å². The Morgan fingerprint density at radius 2 is 1.91 bits per heavy atom. The summed E-state index contributed by atoms with van der Waals surface area (Å²) in [5, 5.41) is 7.34. The topological polar surface area (TPSA) is 112 Å². The first-order chi connectivity index (χ1) is 15.9. The molecule has 4 aromatic rings. The number of anilines is 1. The molecule has 9 nitrogen and oxygen atoms in total. The van der Waals surface area contributed by atoms with E-state index in [0.29, 0.717) is 21.3 Å². The Hall–Kier alpha value is -4.12. The van der Waals surface area contributed by atoms with Crippen molar-refractivity contribution < 1.29 is 23.5 Å². The molecule has 0 aliphatic heterocycles. The van der Waals surface area contributed by atoms with Crippen molar-refractivity contribution in [2.24, 2.45) is 0 Å². The molecule has 0 unspecified atom stereocenters. The molecule has 2 aromatic carbocycles. The minimum absolute atomic E-state index is 0.0208. The maximum absolute atomic E-state index is 13.5. The third-order valence-electron chi connectivity index (χ3n) is 4.35. The van der Waals surface area contributed by atoms with Crippen LogP contribution in [0.3, 0.4) is 0 Å². The molecule has 0 saturated heterocycles. The van der Waals surface area contributed by atoms with Crippen LogP contribution in [0.4, 0.5) is 10.1 Å². The molecule has 1 amide bonds. The minimum atomic E-state index is -0.613. The smallest absolute Gasteiger partial charge is 0.338 e. The van der Waals surface area contributed by atoms with Crippen LogP contribution in [0, 0.1) is 12.7 Å². The van der Waals surface area contributed by atoms with Crippen molar-refractivity contribution in [3.05, 3.63) is 87.0 Å². The van der Waals surface area contributed by atoms with Gasteiger partial charge in [0.05, 0.1) is 11.3 Å². The quantitative estimate of drug-likeness (QED) is 0.415. The summed E-state index contributed by atoms with van der Waals surface area (Å²) >= 11 is 1.26. The second kappa shape index (κ2) is 9.57. The van der Waals surface area contributed by atoms with Gasteiger partial charge in [0.25, 0.3) is 11.5 Å². The minimum Gasteiger partial charge on any atom is -0.481 e. The normalized spacial score (nSPS) is 10.7. The number of benzene rings is 2. The summed E-state index contributed by atoms with van der Waals surface area (Å²) in [6.45, 7) is 1.22. The number of rotatable bonds is 7. The number of nitrogens with zero attached hydrogens (tertiary/aromatic N) is 3. The Labute approximate surface area is 190 Å². The average molecular weight is 468 g/mol. The van der Waals surface area contributed by atoms with E-state index in [1.165, 1.54) is 64.4 Å². The van der Waals surface area contributed by atoms with E-state index in [4.69, 9.17) is 9.47 Å². The van der Waals surface area contributed by atoms with Crippen LogP contribution in [-0.2, 0) is 16.1 Å². The van der Waals surface area contributed by atoms with Gasteiger partial charge in [0, 0.05) is 11.8 Å². The Kier molecular flexibility index (Phi) is 6.41. The zero-order valence-corrected chi connectivity index (χ0v) is 18.1.